The molecule has 0 bridgehead atoms. The van der Waals surface area contributed by atoms with Crippen LogP contribution in [0.3, 0.4) is 0 Å². The molecule has 2 aliphatic rings. The van der Waals surface area contributed by atoms with Crippen LogP contribution < -0.4 is 15.2 Å². The molecule has 3 N–H and O–H groups in total. The lowest BCUT2D eigenvalue weighted by Crippen LogP contribution is -2.41. The molecule has 1 aliphatic heterocycles. The average Bonchev–Trinajstić information content (AvgIpc) is 3.55. The molecule has 0 spiro atoms. The van der Waals surface area contributed by atoms with Crippen molar-refractivity contribution in [2.45, 2.75) is 43.0 Å². The van der Waals surface area contributed by atoms with Crippen molar-refractivity contribution >= 4 is 44.5 Å². The molecule has 45 heavy (non-hydrogen) atoms. The highest BCUT2D eigenvalue weighted by molar-refractivity contribution is 7.89. The van der Waals surface area contributed by atoms with Gasteiger partial charge >= 0.3 is 6.03 Å². The van der Waals surface area contributed by atoms with Crippen molar-refractivity contribution in [1.82, 2.24) is 14.2 Å². The summed E-state index contributed by atoms with van der Waals surface area (Å²) in [5, 5.41) is 1.23. The Morgan fingerprint density at radius 3 is 2.47 bits per heavy atom. The number of hydrogen-bond donors (Lipinski definition) is 2. The van der Waals surface area contributed by atoms with Crippen LogP contribution in [0.2, 0.25) is 5.02 Å². The number of urea groups is 1. The SMILES string of the molecule is COc1ccc(Oc2ccc(S(=O)(=O)N3C(=O)N(CC4CCCC(CN)C4)C(=O)C3Cc3c[nH]c4ccccc34)cc2)cc1Cl. The van der Waals surface area contributed by atoms with Gasteiger partial charge in [-0.3, -0.25) is 9.69 Å². The Kier molecular flexibility index (Phi) is 8.76. The summed E-state index contributed by atoms with van der Waals surface area (Å²) in [7, 11) is -2.91. The van der Waals surface area contributed by atoms with Crippen molar-refractivity contribution < 1.29 is 27.5 Å². The third kappa shape index (κ3) is 6.12. The lowest BCUT2D eigenvalue weighted by Gasteiger charge is -2.30. The summed E-state index contributed by atoms with van der Waals surface area (Å²) in [6.45, 7) is 0.717. The summed E-state index contributed by atoms with van der Waals surface area (Å²) in [5.74, 6) is 1.18. The monoisotopic (exact) mass is 650 g/mol. The molecule has 2 fully saturated rings. The number of H-pyrrole nitrogens is 1. The predicted molar refractivity (Wildman–Crippen MR) is 171 cm³/mol. The standard InChI is InChI=1S/C33H35ClN4O6S/c1-43-31-14-11-25(17-28(31)34)44-24-9-12-26(13-10-24)45(41,42)38-30(16-23-19-36-29-8-3-2-7-27(23)29)32(39)37(33(38)40)20-22-6-4-5-21(15-22)18-35/h2-3,7-14,17,19,21-22,30,36H,4-6,15-16,18,20,35H2,1H3. The Morgan fingerprint density at radius 2 is 1.73 bits per heavy atom. The molecule has 3 aromatic carbocycles. The van der Waals surface area contributed by atoms with Gasteiger partial charge in [0.15, 0.2) is 0 Å². The highest BCUT2D eigenvalue weighted by atomic mass is 35.5. The van der Waals surface area contributed by atoms with Crippen LogP contribution in [0.25, 0.3) is 10.9 Å². The van der Waals surface area contributed by atoms with Gasteiger partial charge in [0.05, 0.1) is 17.0 Å². The van der Waals surface area contributed by atoms with Gasteiger partial charge in [0.1, 0.15) is 23.3 Å². The van der Waals surface area contributed by atoms with Gasteiger partial charge in [-0.05, 0) is 85.7 Å². The topological polar surface area (TPSA) is 135 Å². The number of nitrogens with zero attached hydrogens (tertiary/aromatic N) is 2. The minimum atomic E-state index is -4.42. The van der Waals surface area contributed by atoms with Crippen molar-refractivity contribution in [2.75, 3.05) is 20.2 Å². The third-order valence-corrected chi connectivity index (χ3v) is 10.8. The number of imide groups is 1. The van der Waals surface area contributed by atoms with Gasteiger partial charge in [-0.2, -0.15) is 0 Å². The number of rotatable bonds is 10. The molecule has 0 radical (unpaired) electrons. The van der Waals surface area contributed by atoms with E-state index in [2.05, 4.69) is 4.98 Å². The van der Waals surface area contributed by atoms with Crippen LogP contribution in [0.5, 0.6) is 17.2 Å². The molecule has 3 atom stereocenters. The molecule has 10 nitrogen and oxygen atoms in total. The first-order chi connectivity index (χ1) is 21.7. The van der Waals surface area contributed by atoms with E-state index in [1.807, 2.05) is 24.3 Å². The van der Waals surface area contributed by atoms with Crippen LogP contribution in [0.4, 0.5) is 4.79 Å². The maximum atomic E-state index is 14.1. The molecule has 236 valence electrons. The van der Waals surface area contributed by atoms with Crippen molar-refractivity contribution in [3.63, 3.8) is 0 Å². The maximum absolute atomic E-state index is 14.1. The van der Waals surface area contributed by atoms with E-state index in [0.29, 0.717) is 34.7 Å². The zero-order valence-electron chi connectivity index (χ0n) is 24.8. The number of para-hydroxylation sites is 1. The average molecular weight is 651 g/mol. The Bertz CT molecular complexity index is 1830. The second kappa shape index (κ2) is 12.7. The van der Waals surface area contributed by atoms with Crippen molar-refractivity contribution in [3.8, 4) is 17.2 Å². The Morgan fingerprint density at radius 1 is 1.00 bits per heavy atom. The van der Waals surface area contributed by atoms with Gasteiger partial charge in [-0.25, -0.2) is 17.5 Å². The minimum absolute atomic E-state index is 0.0415. The van der Waals surface area contributed by atoms with Crippen molar-refractivity contribution in [2.24, 2.45) is 17.6 Å². The number of hydrogen-bond acceptors (Lipinski definition) is 7. The van der Waals surface area contributed by atoms with Crippen LogP contribution in [-0.2, 0) is 21.2 Å². The summed E-state index contributed by atoms with van der Waals surface area (Å²) < 4.78 is 40.1. The van der Waals surface area contributed by atoms with E-state index in [1.54, 1.807) is 24.4 Å². The first kappa shape index (κ1) is 30.9. The fraction of sp³-hybridized carbons (Fsp3) is 0.333. The number of aromatic amines is 1. The van der Waals surface area contributed by atoms with Crippen LogP contribution >= 0.6 is 11.6 Å². The highest BCUT2D eigenvalue weighted by Crippen LogP contribution is 2.36. The molecule has 1 saturated heterocycles. The highest BCUT2D eigenvalue weighted by Gasteiger charge is 2.52. The summed E-state index contributed by atoms with van der Waals surface area (Å²) >= 11 is 6.20. The molecule has 1 aliphatic carbocycles. The van der Waals surface area contributed by atoms with Crippen LogP contribution in [0, 0.1) is 11.8 Å². The summed E-state index contributed by atoms with van der Waals surface area (Å²) in [6, 6.07) is 16.2. The van der Waals surface area contributed by atoms with E-state index in [0.717, 1.165) is 51.4 Å². The molecule has 6 rings (SSSR count). The molecule has 3 unspecified atom stereocenters. The fourth-order valence-electron chi connectivity index (χ4n) is 6.42. The molecule has 1 aromatic heterocycles. The molecular formula is C33H35ClN4O6S. The number of carbonyl (C=O) groups is 2. The smallest absolute Gasteiger partial charge is 0.341 e. The van der Waals surface area contributed by atoms with Crippen molar-refractivity contribution in [1.29, 1.82) is 0 Å². The number of ether oxygens (including phenoxy) is 2. The van der Waals surface area contributed by atoms with Gasteiger partial charge in [-0.1, -0.05) is 36.2 Å². The van der Waals surface area contributed by atoms with Crippen LogP contribution in [0.15, 0.2) is 77.8 Å². The number of aromatic nitrogens is 1. The third-order valence-electron chi connectivity index (χ3n) is 8.75. The Hall–Kier alpha value is -4.06. The van der Waals surface area contributed by atoms with Crippen LogP contribution in [0.1, 0.15) is 31.2 Å². The first-order valence-electron chi connectivity index (χ1n) is 15.0. The lowest BCUT2D eigenvalue weighted by molar-refractivity contribution is -0.128. The predicted octanol–water partition coefficient (Wildman–Crippen LogP) is 5.95. The van der Waals surface area contributed by atoms with E-state index in [4.69, 9.17) is 26.8 Å². The van der Waals surface area contributed by atoms with Gasteiger partial charge in [0.25, 0.3) is 15.9 Å². The molecule has 3 amide bonds. The molecule has 4 aromatic rings. The van der Waals surface area contributed by atoms with E-state index in [9.17, 15) is 18.0 Å². The lowest BCUT2D eigenvalue weighted by atomic mass is 9.81. The summed E-state index contributed by atoms with van der Waals surface area (Å²) in [6.07, 6.45) is 5.44. The molecule has 2 heterocycles. The zero-order valence-corrected chi connectivity index (χ0v) is 26.4. The maximum Gasteiger partial charge on any atom is 0.341 e. The number of halogens is 1. The number of carbonyl (C=O) groups excluding carboxylic acids is 2. The van der Waals surface area contributed by atoms with Crippen molar-refractivity contribution in [3.05, 3.63) is 83.5 Å². The van der Waals surface area contributed by atoms with Gasteiger partial charge < -0.3 is 20.2 Å². The van der Waals surface area contributed by atoms with Gasteiger partial charge in [-0.15, -0.1) is 0 Å². The van der Waals surface area contributed by atoms with E-state index in [1.165, 1.54) is 31.4 Å². The number of amides is 3. The first-order valence-corrected chi connectivity index (χ1v) is 16.8. The summed E-state index contributed by atoms with van der Waals surface area (Å²) in [5.41, 5.74) is 7.54. The Balaban J connectivity index is 1.29. The molecular weight excluding hydrogens is 616 g/mol. The normalized spacial score (nSPS) is 20.6. The Labute approximate surface area is 267 Å². The second-order valence-electron chi connectivity index (χ2n) is 11.6. The summed E-state index contributed by atoms with van der Waals surface area (Å²) in [4.78, 5) is 32.1. The number of benzene rings is 3. The van der Waals surface area contributed by atoms with Crippen LogP contribution in [-0.4, -0.2) is 60.8 Å². The molecule has 1 saturated carbocycles. The minimum Gasteiger partial charge on any atom is -0.495 e. The largest absolute Gasteiger partial charge is 0.495 e. The number of sulfonamides is 1. The van der Waals surface area contributed by atoms with E-state index in [-0.39, 0.29) is 23.8 Å². The van der Waals surface area contributed by atoms with Gasteiger partial charge in [0.2, 0.25) is 0 Å². The number of nitrogens with two attached hydrogens (primary N) is 1. The number of nitrogens with one attached hydrogen (secondary N) is 1. The van der Waals surface area contributed by atoms with E-state index >= 15 is 0 Å². The van der Waals surface area contributed by atoms with Gasteiger partial charge in [0, 0.05) is 36.1 Å². The van der Waals surface area contributed by atoms with E-state index < -0.39 is 28.0 Å². The number of fused-ring (bicyclic) bond motifs is 1. The number of methoxy groups -OCH3 is 1. The quantitative estimate of drug-likeness (QED) is 0.203. The zero-order chi connectivity index (χ0) is 31.7. The molecule has 12 heteroatoms. The second-order valence-corrected chi connectivity index (χ2v) is 13.8. The fourth-order valence-corrected chi connectivity index (χ4v) is 8.18.